The van der Waals surface area contributed by atoms with Gasteiger partial charge in [0.25, 0.3) is 0 Å². The third-order valence-corrected chi connectivity index (χ3v) is 4.59. The number of halogens is 1. The van der Waals surface area contributed by atoms with Crippen molar-refractivity contribution in [1.82, 2.24) is 14.8 Å². The summed E-state index contributed by atoms with van der Waals surface area (Å²) in [5.74, 6) is 0.683. The molecule has 3 rings (SSSR count). The minimum atomic E-state index is -1.08. The van der Waals surface area contributed by atoms with Crippen LogP contribution in [0.25, 0.3) is 11.4 Å². The van der Waals surface area contributed by atoms with Gasteiger partial charge >= 0.3 is 5.97 Å². The van der Waals surface area contributed by atoms with Crippen molar-refractivity contribution in [1.29, 1.82) is 0 Å². The highest BCUT2D eigenvalue weighted by Crippen LogP contribution is 2.27. The van der Waals surface area contributed by atoms with Crippen LogP contribution in [0.15, 0.2) is 46.0 Å². The lowest BCUT2D eigenvalue weighted by molar-refractivity contribution is 0.0661. The van der Waals surface area contributed by atoms with Crippen LogP contribution in [0.5, 0.6) is 0 Å². The first-order valence-corrected chi connectivity index (χ1v) is 8.58. The summed E-state index contributed by atoms with van der Waals surface area (Å²) >= 11 is 7.37. The lowest BCUT2D eigenvalue weighted by atomic mass is 10.2. The molecule has 3 aromatic rings. The van der Waals surface area contributed by atoms with E-state index in [1.807, 2.05) is 35.8 Å². The molecule has 2 heterocycles. The number of rotatable bonds is 6. The molecule has 0 amide bonds. The Morgan fingerprint density at radius 2 is 2.00 bits per heavy atom. The van der Waals surface area contributed by atoms with Crippen molar-refractivity contribution in [3.8, 4) is 11.4 Å². The van der Waals surface area contributed by atoms with Gasteiger partial charge < -0.3 is 14.1 Å². The molecule has 0 bridgehead atoms. The number of carbonyl (C=O) groups is 1. The summed E-state index contributed by atoms with van der Waals surface area (Å²) in [7, 11) is 0. The van der Waals surface area contributed by atoms with Gasteiger partial charge in [0.05, 0.1) is 5.75 Å². The van der Waals surface area contributed by atoms with E-state index in [2.05, 4.69) is 10.2 Å². The van der Waals surface area contributed by atoms with E-state index < -0.39 is 5.97 Å². The van der Waals surface area contributed by atoms with Gasteiger partial charge in [-0.1, -0.05) is 23.4 Å². The molecule has 24 heavy (non-hydrogen) atoms. The van der Waals surface area contributed by atoms with E-state index >= 15 is 0 Å². The van der Waals surface area contributed by atoms with Crippen molar-refractivity contribution in [2.75, 3.05) is 0 Å². The third kappa shape index (κ3) is 3.47. The molecular weight excluding hydrogens is 350 g/mol. The summed E-state index contributed by atoms with van der Waals surface area (Å²) in [6, 6.07) is 10.5. The fourth-order valence-electron chi connectivity index (χ4n) is 2.20. The van der Waals surface area contributed by atoms with Crippen molar-refractivity contribution in [3.05, 3.63) is 52.9 Å². The number of benzene rings is 1. The highest BCUT2D eigenvalue weighted by molar-refractivity contribution is 7.98. The lowest BCUT2D eigenvalue weighted by Gasteiger charge is -2.06. The molecule has 2 aromatic heterocycles. The molecule has 0 spiro atoms. The molecule has 0 aliphatic carbocycles. The predicted octanol–water partition coefficient (Wildman–Crippen LogP) is 4.20. The highest BCUT2D eigenvalue weighted by Gasteiger charge is 2.15. The topological polar surface area (TPSA) is 81.2 Å². The molecule has 1 N–H and O–H groups in total. The van der Waals surface area contributed by atoms with Crippen LogP contribution in [-0.2, 0) is 12.3 Å². The second kappa shape index (κ2) is 7.11. The van der Waals surface area contributed by atoms with E-state index in [1.54, 1.807) is 6.07 Å². The average Bonchev–Trinajstić information content (AvgIpc) is 3.20. The van der Waals surface area contributed by atoms with Gasteiger partial charge in [-0.3, -0.25) is 0 Å². The van der Waals surface area contributed by atoms with Gasteiger partial charge in [-0.25, -0.2) is 4.79 Å². The Bertz CT molecular complexity index is 858. The fourth-order valence-corrected chi connectivity index (χ4v) is 3.22. The number of thioether (sulfide) groups is 1. The van der Waals surface area contributed by atoms with Crippen LogP contribution in [0.4, 0.5) is 0 Å². The summed E-state index contributed by atoms with van der Waals surface area (Å²) in [5.41, 5.74) is 0.937. The van der Waals surface area contributed by atoms with Crippen LogP contribution in [-0.4, -0.2) is 25.8 Å². The first kappa shape index (κ1) is 16.6. The largest absolute Gasteiger partial charge is 0.475 e. The summed E-state index contributed by atoms with van der Waals surface area (Å²) in [6.45, 7) is 2.73. The molecule has 0 saturated carbocycles. The Kier molecular flexibility index (Phi) is 4.92. The van der Waals surface area contributed by atoms with Crippen molar-refractivity contribution < 1.29 is 14.3 Å². The second-order valence-corrected chi connectivity index (χ2v) is 6.30. The van der Waals surface area contributed by atoms with Gasteiger partial charge in [0.1, 0.15) is 5.76 Å². The van der Waals surface area contributed by atoms with Gasteiger partial charge in [-0.2, -0.15) is 0 Å². The third-order valence-electron chi connectivity index (χ3n) is 3.35. The molecule has 0 unspecified atom stereocenters. The predicted molar refractivity (Wildman–Crippen MR) is 91.4 cm³/mol. The first-order valence-electron chi connectivity index (χ1n) is 7.22. The number of carboxylic acid groups (broad SMARTS) is 1. The number of hydrogen-bond acceptors (Lipinski definition) is 5. The number of nitrogens with zero attached hydrogens (tertiary/aromatic N) is 3. The molecular formula is C16H14ClN3O3S. The van der Waals surface area contributed by atoms with Crippen LogP contribution in [0.1, 0.15) is 23.2 Å². The van der Waals surface area contributed by atoms with Gasteiger partial charge in [-0.05, 0) is 43.3 Å². The van der Waals surface area contributed by atoms with E-state index in [-0.39, 0.29) is 5.76 Å². The minimum Gasteiger partial charge on any atom is -0.475 e. The number of aromatic nitrogens is 3. The van der Waals surface area contributed by atoms with Crippen LogP contribution >= 0.6 is 23.4 Å². The van der Waals surface area contributed by atoms with E-state index in [1.165, 1.54) is 17.8 Å². The smallest absolute Gasteiger partial charge is 0.371 e. The average molecular weight is 364 g/mol. The summed E-state index contributed by atoms with van der Waals surface area (Å²) in [4.78, 5) is 10.8. The van der Waals surface area contributed by atoms with Gasteiger partial charge in [-0.15, -0.1) is 10.2 Å². The molecule has 0 saturated heterocycles. The van der Waals surface area contributed by atoms with E-state index in [9.17, 15) is 4.79 Å². The molecule has 1 aromatic carbocycles. The maximum atomic E-state index is 10.8. The Hall–Kier alpha value is -2.25. The lowest BCUT2D eigenvalue weighted by Crippen LogP contribution is -1.99. The molecule has 0 aliphatic rings. The van der Waals surface area contributed by atoms with Crippen molar-refractivity contribution in [2.24, 2.45) is 0 Å². The standard InChI is InChI=1S/C16H14ClN3O3S/c1-2-20-14(10-3-5-11(17)6-4-10)18-19-16(20)24-9-12-7-8-13(23-12)15(21)22/h3-8H,2,9H2,1H3,(H,21,22). The molecule has 0 fully saturated rings. The monoisotopic (exact) mass is 363 g/mol. The zero-order valence-corrected chi connectivity index (χ0v) is 14.3. The zero-order valence-electron chi connectivity index (χ0n) is 12.8. The SMILES string of the molecule is CCn1c(SCc2ccc(C(=O)O)o2)nnc1-c1ccc(Cl)cc1. The number of hydrogen-bond donors (Lipinski definition) is 1. The van der Waals surface area contributed by atoms with E-state index in [4.69, 9.17) is 21.1 Å². The Labute approximate surface area is 147 Å². The van der Waals surface area contributed by atoms with Crippen molar-refractivity contribution >= 4 is 29.3 Å². The number of furan rings is 1. The maximum Gasteiger partial charge on any atom is 0.371 e. The van der Waals surface area contributed by atoms with Crippen LogP contribution < -0.4 is 0 Å². The normalized spacial score (nSPS) is 10.9. The molecule has 6 nitrogen and oxygen atoms in total. The minimum absolute atomic E-state index is 0.0654. The Balaban J connectivity index is 1.78. The van der Waals surface area contributed by atoms with Crippen molar-refractivity contribution in [3.63, 3.8) is 0 Å². The molecule has 0 aliphatic heterocycles. The summed E-state index contributed by atoms with van der Waals surface area (Å²) < 4.78 is 7.25. The maximum absolute atomic E-state index is 10.8. The number of aromatic carboxylic acids is 1. The van der Waals surface area contributed by atoms with Gasteiger partial charge in [0.15, 0.2) is 11.0 Å². The highest BCUT2D eigenvalue weighted by atomic mass is 35.5. The molecule has 8 heteroatoms. The Morgan fingerprint density at radius 3 is 2.62 bits per heavy atom. The van der Waals surface area contributed by atoms with Crippen LogP contribution in [0.3, 0.4) is 0 Å². The summed E-state index contributed by atoms with van der Waals surface area (Å²) in [6.07, 6.45) is 0. The van der Waals surface area contributed by atoms with Crippen LogP contribution in [0, 0.1) is 0 Å². The Morgan fingerprint density at radius 1 is 1.25 bits per heavy atom. The molecule has 124 valence electrons. The van der Waals surface area contributed by atoms with Crippen molar-refractivity contribution in [2.45, 2.75) is 24.4 Å². The molecule has 0 radical (unpaired) electrons. The first-order chi connectivity index (χ1) is 11.6. The molecule has 0 atom stereocenters. The quantitative estimate of drug-likeness (QED) is 0.661. The zero-order chi connectivity index (χ0) is 17.1. The van der Waals surface area contributed by atoms with E-state index in [0.717, 1.165) is 16.5 Å². The van der Waals surface area contributed by atoms with Gasteiger partial charge in [0.2, 0.25) is 5.76 Å². The fraction of sp³-hybridized carbons (Fsp3) is 0.188. The van der Waals surface area contributed by atoms with Gasteiger partial charge in [0, 0.05) is 17.1 Å². The van der Waals surface area contributed by atoms with E-state index in [0.29, 0.717) is 23.1 Å². The number of carboxylic acids is 1. The summed E-state index contributed by atoms with van der Waals surface area (Å²) in [5, 5.41) is 18.8. The second-order valence-electron chi connectivity index (χ2n) is 4.92. The van der Waals surface area contributed by atoms with Crippen LogP contribution in [0.2, 0.25) is 5.02 Å².